The second-order valence-corrected chi connectivity index (χ2v) is 5.69. The Morgan fingerprint density at radius 1 is 1.33 bits per heavy atom. The highest BCUT2D eigenvalue weighted by Gasteiger charge is 2.52. The minimum absolute atomic E-state index is 0.176. The van der Waals surface area contributed by atoms with Crippen molar-refractivity contribution in [1.82, 2.24) is 5.06 Å². The lowest BCUT2D eigenvalue weighted by atomic mass is 9.82. The zero-order chi connectivity index (χ0) is 15.6. The number of methoxy groups -OCH3 is 1. The molecule has 2 rings (SSSR count). The van der Waals surface area contributed by atoms with Crippen LogP contribution < -0.4 is 4.74 Å². The SMILES string of the molecule is CCOC(=O)C1C(c2ccc(OC)cc2)N(C)OC1(C)C. The Morgan fingerprint density at radius 3 is 2.48 bits per heavy atom. The number of benzene rings is 1. The Kier molecular flexibility index (Phi) is 4.54. The van der Waals surface area contributed by atoms with E-state index in [9.17, 15) is 4.79 Å². The minimum Gasteiger partial charge on any atom is -0.497 e. The van der Waals surface area contributed by atoms with Gasteiger partial charge in [-0.15, -0.1) is 0 Å². The molecular formula is C16H23NO4. The Bertz CT molecular complexity index is 498. The van der Waals surface area contributed by atoms with Gasteiger partial charge in [-0.25, -0.2) is 0 Å². The van der Waals surface area contributed by atoms with Crippen molar-refractivity contribution >= 4 is 5.97 Å². The van der Waals surface area contributed by atoms with Crippen molar-refractivity contribution in [2.45, 2.75) is 32.4 Å². The van der Waals surface area contributed by atoms with Crippen molar-refractivity contribution in [3.05, 3.63) is 29.8 Å². The minimum atomic E-state index is -0.606. The second-order valence-electron chi connectivity index (χ2n) is 5.69. The predicted molar refractivity (Wildman–Crippen MR) is 78.8 cm³/mol. The molecule has 1 aromatic carbocycles. The molecule has 0 aromatic heterocycles. The van der Waals surface area contributed by atoms with E-state index in [-0.39, 0.29) is 17.9 Å². The van der Waals surface area contributed by atoms with Crippen LogP contribution in [0.4, 0.5) is 0 Å². The van der Waals surface area contributed by atoms with Crippen LogP contribution in [0.3, 0.4) is 0 Å². The van der Waals surface area contributed by atoms with Crippen molar-refractivity contribution in [2.24, 2.45) is 5.92 Å². The fraction of sp³-hybridized carbons (Fsp3) is 0.562. The monoisotopic (exact) mass is 293 g/mol. The molecule has 0 bridgehead atoms. The van der Waals surface area contributed by atoms with Crippen molar-refractivity contribution in [2.75, 3.05) is 20.8 Å². The molecule has 1 aliphatic heterocycles. The van der Waals surface area contributed by atoms with Gasteiger partial charge in [0.2, 0.25) is 0 Å². The summed E-state index contributed by atoms with van der Waals surface area (Å²) < 4.78 is 10.4. The maximum atomic E-state index is 12.4. The van der Waals surface area contributed by atoms with Crippen LogP contribution in [0.1, 0.15) is 32.4 Å². The number of rotatable bonds is 4. The van der Waals surface area contributed by atoms with Crippen LogP contribution >= 0.6 is 0 Å². The summed E-state index contributed by atoms with van der Waals surface area (Å²) in [6.07, 6.45) is 0. The summed E-state index contributed by atoms with van der Waals surface area (Å²) in [7, 11) is 3.47. The molecular weight excluding hydrogens is 270 g/mol. The Morgan fingerprint density at radius 2 is 1.95 bits per heavy atom. The first-order valence-electron chi connectivity index (χ1n) is 7.13. The Balaban J connectivity index is 2.35. The molecule has 5 nitrogen and oxygen atoms in total. The molecule has 1 fully saturated rings. The van der Waals surface area contributed by atoms with Crippen LogP contribution in [0, 0.1) is 5.92 Å². The summed E-state index contributed by atoms with van der Waals surface area (Å²) in [5, 5.41) is 1.74. The van der Waals surface area contributed by atoms with Gasteiger partial charge in [0.05, 0.1) is 25.4 Å². The van der Waals surface area contributed by atoms with Gasteiger partial charge in [-0.2, -0.15) is 5.06 Å². The molecule has 5 heteroatoms. The standard InChI is InChI=1S/C16H23NO4/c1-6-20-15(18)13-14(17(4)21-16(13,2)3)11-7-9-12(19-5)10-8-11/h7-10,13-14H,6H2,1-5H3. The molecule has 0 radical (unpaired) electrons. The van der Waals surface area contributed by atoms with Gasteiger partial charge in [-0.1, -0.05) is 12.1 Å². The zero-order valence-electron chi connectivity index (χ0n) is 13.3. The molecule has 0 spiro atoms. The summed E-state index contributed by atoms with van der Waals surface area (Å²) in [5.74, 6) is 0.177. The Hall–Kier alpha value is -1.59. The van der Waals surface area contributed by atoms with Crippen LogP contribution in [-0.4, -0.2) is 37.4 Å². The van der Waals surface area contributed by atoms with Crippen LogP contribution in [-0.2, 0) is 14.4 Å². The highest BCUT2D eigenvalue weighted by molar-refractivity contribution is 5.75. The molecule has 1 aliphatic rings. The van der Waals surface area contributed by atoms with E-state index in [4.69, 9.17) is 14.3 Å². The maximum Gasteiger partial charge on any atom is 0.313 e. The van der Waals surface area contributed by atoms with Crippen LogP contribution in [0.2, 0.25) is 0 Å². The van der Waals surface area contributed by atoms with E-state index in [0.717, 1.165) is 11.3 Å². The van der Waals surface area contributed by atoms with Crippen LogP contribution in [0.25, 0.3) is 0 Å². The first-order chi connectivity index (χ1) is 9.90. The highest BCUT2D eigenvalue weighted by Crippen LogP contribution is 2.45. The van der Waals surface area contributed by atoms with E-state index in [1.807, 2.05) is 52.1 Å². The smallest absolute Gasteiger partial charge is 0.313 e. The normalized spacial score (nSPS) is 24.8. The van der Waals surface area contributed by atoms with Crippen LogP contribution in [0.15, 0.2) is 24.3 Å². The van der Waals surface area contributed by atoms with Gasteiger partial charge in [0, 0.05) is 7.05 Å². The average molecular weight is 293 g/mol. The quantitative estimate of drug-likeness (QED) is 0.799. The van der Waals surface area contributed by atoms with Crippen molar-refractivity contribution in [3.8, 4) is 5.75 Å². The second kappa shape index (κ2) is 6.03. The molecule has 116 valence electrons. The first-order valence-corrected chi connectivity index (χ1v) is 7.13. The molecule has 2 atom stereocenters. The highest BCUT2D eigenvalue weighted by atomic mass is 16.7. The van der Waals surface area contributed by atoms with Crippen LogP contribution in [0.5, 0.6) is 5.75 Å². The number of nitrogens with zero attached hydrogens (tertiary/aromatic N) is 1. The Labute approximate surface area is 125 Å². The fourth-order valence-electron chi connectivity index (χ4n) is 2.92. The summed E-state index contributed by atoms with van der Waals surface area (Å²) in [6, 6.07) is 7.51. The number of carbonyl (C=O) groups excluding carboxylic acids is 1. The van der Waals surface area contributed by atoms with E-state index in [1.54, 1.807) is 12.2 Å². The fourth-order valence-corrected chi connectivity index (χ4v) is 2.92. The lowest BCUT2D eigenvalue weighted by molar-refractivity contribution is -0.182. The van der Waals surface area contributed by atoms with Gasteiger partial charge in [-0.3, -0.25) is 9.63 Å². The maximum absolute atomic E-state index is 12.4. The third-order valence-electron chi connectivity index (χ3n) is 3.83. The molecule has 1 heterocycles. The van der Waals surface area contributed by atoms with E-state index in [1.165, 1.54) is 0 Å². The number of hydrogen-bond acceptors (Lipinski definition) is 5. The zero-order valence-corrected chi connectivity index (χ0v) is 13.3. The molecule has 0 saturated carbocycles. The van der Waals surface area contributed by atoms with Crippen molar-refractivity contribution in [3.63, 3.8) is 0 Å². The predicted octanol–water partition coefficient (Wildman–Crippen LogP) is 2.57. The summed E-state index contributed by atoms with van der Waals surface area (Å²) in [5.41, 5.74) is 0.396. The lowest BCUT2D eigenvalue weighted by Gasteiger charge is -2.25. The molecule has 21 heavy (non-hydrogen) atoms. The number of carbonyl (C=O) groups is 1. The molecule has 0 amide bonds. The number of hydrogen-bond donors (Lipinski definition) is 0. The third kappa shape index (κ3) is 3.04. The first kappa shape index (κ1) is 15.8. The van der Waals surface area contributed by atoms with E-state index < -0.39 is 5.60 Å². The molecule has 0 aliphatic carbocycles. The summed E-state index contributed by atoms with van der Waals surface area (Å²) >= 11 is 0. The molecule has 1 aromatic rings. The van der Waals surface area contributed by atoms with Crippen molar-refractivity contribution in [1.29, 1.82) is 0 Å². The van der Waals surface area contributed by atoms with Gasteiger partial charge < -0.3 is 9.47 Å². The molecule has 0 N–H and O–H groups in total. The largest absolute Gasteiger partial charge is 0.497 e. The molecule has 2 unspecified atom stereocenters. The summed E-state index contributed by atoms with van der Waals surface area (Å²) in [4.78, 5) is 18.2. The number of hydroxylamine groups is 2. The van der Waals surface area contributed by atoms with Gasteiger partial charge in [0.25, 0.3) is 0 Å². The topological polar surface area (TPSA) is 48.0 Å². The average Bonchev–Trinajstić information content (AvgIpc) is 2.68. The number of esters is 1. The third-order valence-corrected chi connectivity index (χ3v) is 3.83. The van der Waals surface area contributed by atoms with E-state index >= 15 is 0 Å². The van der Waals surface area contributed by atoms with Crippen molar-refractivity contribution < 1.29 is 19.1 Å². The number of ether oxygens (including phenoxy) is 2. The summed E-state index contributed by atoms with van der Waals surface area (Å²) in [6.45, 7) is 6.00. The molecule has 1 saturated heterocycles. The van der Waals surface area contributed by atoms with E-state index in [2.05, 4.69) is 0 Å². The van der Waals surface area contributed by atoms with Gasteiger partial charge >= 0.3 is 5.97 Å². The van der Waals surface area contributed by atoms with Gasteiger partial charge in [-0.05, 0) is 38.5 Å². The van der Waals surface area contributed by atoms with Gasteiger partial charge in [0.1, 0.15) is 11.7 Å². The van der Waals surface area contributed by atoms with Gasteiger partial charge in [0.15, 0.2) is 0 Å². The van der Waals surface area contributed by atoms with E-state index in [0.29, 0.717) is 6.61 Å². The lowest BCUT2D eigenvalue weighted by Crippen LogP contribution is -2.37.